The average Bonchev–Trinajstić information content (AvgIpc) is 2.37. The number of hydrogen-bond acceptors (Lipinski definition) is 2. The largest absolute Gasteiger partial charge is 0.481 e. The van der Waals surface area contributed by atoms with Crippen molar-refractivity contribution in [1.29, 1.82) is 0 Å². The second kappa shape index (κ2) is 5.42. The van der Waals surface area contributed by atoms with Crippen molar-refractivity contribution in [1.82, 2.24) is 0 Å². The number of para-hydroxylation sites is 1. The van der Waals surface area contributed by atoms with Crippen LogP contribution in [0, 0.1) is 0 Å². The lowest BCUT2D eigenvalue weighted by Gasteiger charge is -2.38. The fourth-order valence-corrected chi connectivity index (χ4v) is 2.88. The van der Waals surface area contributed by atoms with Crippen molar-refractivity contribution in [3.63, 3.8) is 0 Å². The van der Waals surface area contributed by atoms with Crippen LogP contribution in [-0.2, 0) is 4.79 Å². The molecule has 0 saturated carbocycles. The first-order valence-electron chi connectivity index (χ1n) is 6.73. The molecule has 1 aliphatic rings. The summed E-state index contributed by atoms with van der Waals surface area (Å²) in [6.45, 7) is 5.25. The number of nitrogens with zero attached hydrogens (tertiary/aromatic N) is 1. The normalized spacial score (nSPS) is 20.3. The van der Waals surface area contributed by atoms with E-state index in [-0.39, 0.29) is 5.92 Å². The molecule has 2 unspecified atom stereocenters. The van der Waals surface area contributed by atoms with Gasteiger partial charge < -0.3 is 10.0 Å². The molecule has 0 spiro atoms. The third-order valence-corrected chi connectivity index (χ3v) is 3.82. The monoisotopic (exact) mass is 247 g/mol. The summed E-state index contributed by atoms with van der Waals surface area (Å²) in [7, 11) is 0. The second-order valence-corrected chi connectivity index (χ2v) is 5.07. The summed E-state index contributed by atoms with van der Waals surface area (Å²) in [5, 5.41) is 9.29. The van der Waals surface area contributed by atoms with E-state index in [1.54, 1.807) is 0 Å². The van der Waals surface area contributed by atoms with Gasteiger partial charge in [0.2, 0.25) is 0 Å². The molecule has 18 heavy (non-hydrogen) atoms. The highest BCUT2D eigenvalue weighted by Gasteiger charge is 2.31. The third kappa shape index (κ3) is 2.35. The molecule has 2 atom stereocenters. The number of carboxylic acids is 1. The quantitative estimate of drug-likeness (QED) is 0.887. The Kier molecular flexibility index (Phi) is 3.90. The maximum atomic E-state index is 11.3. The molecule has 0 aliphatic carbocycles. The molecule has 1 N–H and O–H groups in total. The Morgan fingerprint density at radius 2 is 2.22 bits per heavy atom. The van der Waals surface area contributed by atoms with Gasteiger partial charge in [0, 0.05) is 18.3 Å². The first-order chi connectivity index (χ1) is 8.65. The summed E-state index contributed by atoms with van der Waals surface area (Å²) in [6, 6.07) is 8.42. The minimum absolute atomic E-state index is 0.341. The van der Waals surface area contributed by atoms with Crippen LogP contribution in [0.3, 0.4) is 0 Å². The van der Waals surface area contributed by atoms with Crippen LogP contribution in [0.5, 0.6) is 0 Å². The fraction of sp³-hybridized carbons (Fsp3) is 0.533. The topological polar surface area (TPSA) is 40.5 Å². The maximum Gasteiger partial charge on any atom is 0.311 e. The molecule has 1 aromatic carbocycles. The van der Waals surface area contributed by atoms with Crippen molar-refractivity contribution < 1.29 is 9.90 Å². The summed E-state index contributed by atoms with van der Waals surface area (Å²) in [5.41, 5.74) is 2.08. The van der Waals surface area contributed by atoms with Crippen molar-refractivity contribution in [3.8, 4) is 0 Å². The van der Waals surface area contributed by atoms with E-state index in [1.807, 2.05) is 18.2 Å². The van der Waals surface area contributed by atoms with E-state index in [0.29, 0.717) is 12.5 Å². The SMILES string of the molecule is CCCC(C)N1CCC(C(=O)O)c2ccccc21. The van der Waals surface area contributed by atoms with Crippen molar-refractivity contribution in [3.05, 3.63) is 29.8 Å². The zero-order valence-corrected chi connectivity index (χ0v) is 11.1. The van der Waals surface area contributed by atoms with Crippen LogP contribution >= 0.6 is 0 Å². The zero-order valence-electron chi connectivity index (χ0n) is 11.1. The molecule has 0 fully saturated rings. The Bertz CT molecular complexity index is 430. The summed E-state index contributed by atoms with van der Waals surface area (Å²) >= 11 is 0. The van der Waals surface area contributed by atoms with Crippen molar-refractivity contribution in [2.24, 2.45) is 0 Å². The molecule has 0 amide bonds. The van der Waals surface area contributed by atoms with Crippen molar-refractivity contribution in [2.75, 3.05) is 11.4 Å². The number of aliphatic carboxylic acids is 1. The smallest absolute Gasteiger partial charge is 0.311 e. The van der Waals surface area contributed by atoms with Gasteiger partial charge in [-0.15, -0.1) is 0 Å². The summed E-state index contributed by atoms with van der Waals surface area (Å²) in [5.74, 6) is -1.04. The van der Waals surface area contributed by atoms with E-state index >= 15 is 0 Å². The number of carboxylic acid groups (broad SMARTS) is 1. The van der Waals surface area contributed by atoms with Crippen LogP contribution in [0.4, 0.5) is 5.69 Å². The van der Waals surface area contributed by atoms with Gasteiger partial charge in [-0.2, -0.15) is 0 Å². The number of carbonyl (C=O) groups is 1. The third-order valence-electron chi connectivity index (χ3n) is 3.82. The van der Waals surface area contributed by atoms with Crippen molar-refractivity contribution >= 4 is 11.7 Å². The summed E-state index contributed by atoms with van der Waals surface area (Å²) in [6.07, 6.45) is 3.01. The Morgan fingerprint density at radius 1 is 1.50 bits per heavy atom. The standard InChI is InChI=1S/C15H21NO2/c1-3-6-11(2)16-10-9-13(15(17)18)12-7-4-5-8-14(12)16/h4-5,7-8,11,13H,3,6,9-10H2,1-2H3,(H,17,18). The van der Waals surface area contributed by atoms with E-state index in [1.165, 1.54) is 0 Å². The lowest BCUT2D eigenvalue weighted by molar-refractivity contribution is -0.139. The number of benzene rings is 1. The zero-order chi connectivity index (χ0) is 13.1. The van der Waals surface area contributed by atoms with Crippen LogP contribution in [-0.4, -0.2) is 23.7 Å². The Hall–Kier alpha value is -1.51. The van der Waals surface area contributed by atoms with Gasteiger partial charge in [0.1, 0.15) is 0 Å². The molecule has 0 bridgehead atoms. The minimum Gasteiger partial charge on any atom is -0.481 e. The fourth-order valence-electron chi connectivity index (χ4n) is 2.88. The van der Waals surface area contributed by atoms with Gasteiger partial charge in [0.15, 0.2) is 0 Å². The average molecular weight is 247 g/mol. The number of anilines is 1. The number of fused-ring (bicyclic) bond motifs is 1. The molecule has 0 aromatic heterocycles. The number of hydrogen-bond donors (Lipinski definition) is 1. The van der Waals surface area contributed by atoms with E-state index in [0.717, 1.165) is 30.6 Å². The Balaban J connectivity index is 2.33. The Morgan fingerprint density at radius 3 is 2.89 bits per heavy atom. The molecule has 1 aromatic rings. The maximum absolute atomic E-state index is 11.3. The molecule has 98 valence electrons. The highest BCUT2D eigenvalue weighted by molar-refractivity contribution is 5.80. The van der Waals surface area contributed by atoms with E-state index in [4.69, 9.17) is 0 Å². The van der Waals surface area contributed by atoms with Crippen LogP contribution < -0.4 is 4.90 Å². The van der Waals surface area contributed by atoms with Crippen LogP contribution in [0.25, 0.3) is 0 Å². The molecular formula is C15H21NO2. The molecule has 0 saturated heterocycles. The molecule has 1 heterocycles. The molecule has 2 rings (SSSR count). The molecule has 3 nitrogen and oxygen atoms in total. The first kappa shape index (κ1) is 12.9. The summed E-state index contributed by atoms with van der Waals surface area (Å²) < 4.78 is 0. The van der Waals surface area contributed by atoms with Gasteiger partial charge in [-0.05, 0) is 31.4 Å². The summed E-state index contributed by atoms with van der Waals surface area (Å²) in [4.78, 5) is 13.7. The van der Waals surface area contributed by atoms with Gasteiger partial charge in [-0.1, -0.05) is 31.5 Å². The van der Waals surface area contributed by atoms with Crippen LogP contribution in [0.1, 0.15) is 44.6 Å². The van der Waals surface area contributed by atoms with Gasteiger partial charge >= 0.3 is 5.97 Å². The van der Waals surface area contributed by atoms with Gasteiger partial charge in [0.25, 0.3) is 0 Å². The van der Waals surface area contributed by atoms with E-state index in [9.17, 15) is 9.90 Å². The molecule has 1 aliphatic heterocycles. The first-order valence-corrected chi connectivity index (χ1v) is 6.73. The van der Waals surface area contributed by atoms with Gasteiger partial charge in [-0.25, -0.2) is 0 Å². The highest BCUT2D eigenvalue weighted by atomic mass is 16.4. The number of rotatable bonds is 4. The highest BCUT2D eigenvalue weighted by Crippen LogP contribution is 2.36. The van der Waals surface area contributed by atoms with Gasteiger partial charge in [-0.3, -0.25) is 4.79 Å². The second-order valence-electron chi connectivity index (χ2n) is 5.07. The molecule has 3 heteroatoms. The van der Waals surface area contributed by atoms with E-state index < -0.39 is 5.97 Å². The van der Waals surface area contributed by atoms with Crippen LogP contribution in [0.2, 0.25) is 0 Å². The lowest BCUT2D eigenvalue weighted by Crippen LogP contribution is -2.39. The molecule has 0 radical (unpaired) electrons. The predicted octanol–water partition coefficient (Wildman–Crippen LogP) is 3.25. The lowest BCUT2D eigenvalue weighted by atomic mass is 9.89. The Labute approximate surface area is 108 Å². The van der Waals surface area contributed by atoms with Crippen molar-refractivity contribution in [2.45, 2.75) is 45.1 Å². The van der Waals surface area contributed by atoms with Crippen LogP contribution in [0.15, 0.2) is 24.3 Å². The van der Waals surface area contributed by atoms with E-state index in [2.05, 4.69) is 24.8 Å². The minimum atomic E-state index is -0.703. The molecular weight excluding hydrogens is 226 g/mol. The van der Waals surface area contributed by atoms with Gasteiger partial charge in [0.05, 0.1) is 5.92 Å². The predicted molar refractivity (Wildman–Crippen MR) is 73.2 cm³/mol.